The predicted molar refractivity (Wildman–Crippen MR) is 135 cm³/mol. The minimum Gasteiger partial charge on any atom is -0.504 e. The molecule has 0 bridgehead atoms. The highest BCUT2D eigenvalue weighted by Gasteiger charge is 2.28. The third-order valence-electron chi connectivity index (χ3n) is 6.59. The average molecular weight is 493 g/mol. The molecule has 2 heterocycles. The van der Waals surface area contributed by atoms with Gasteiger partial charge in [0.25, 0.3) is 0 Å². The topological polar surface area (TPSA) is 112 Å². The molecule has 8 heteroatoms. The monoisotopic (exact) mass is 492 g/mol. The number of carbonyl (C=O) groups is 1. The van der Waals surface area contributed by atoms with E-state index in [2.05, 4.69) is 22.3 Å². The second kappa shape index (κ2) is 11.3. The van der Waals surface area contributed by atoms with Crippen molar-refractivity contribution in [2.75, 3.05) is 20.2 Å². The Hall–Kier alpha value is -3.78. The van der Waals surface area contributed by atoms with Crippen LogP contribution in [0, 0.1) is 6.92 Å². The van der Waals surface area contributed by atoms with E-state index in [0.717, 1.165) is 32.5 Å². The summed E-state index contributed by atoms with van der Waals surface area (Å²) in [6, 6.07) is 16.2. The number of aromatic hydroxyl groups is 2. The van der Waals surface area contributed by atoms with Crippen LogP contribution in [-0.2, 0) is 11.3 Å². The van der Waals surface area contributed by atoms with Crippen molar-refractivity contribution in [2.45, 2.75) is 44.7 Å². The molecule has 1 amide bonds. The molecule has 0 saturated carbocycles. The van der Waals surface area contributed by atoms with Gasteiger partial charge in [-0.3, -0.25) is 14.5 Å². The van der Waals surface area contributed by atoms with Crippen molar-refractivity contribution in [1.29, 1.82) is 0 Å². The third kappa shape index (κ3) is 6.07. The Morgan fingerprint density at radius 3 is 2.56 bits per heavy atom. The number of methoxy groups -OCH3 is 1. The number of piperidine rings is 1. The molecule has 3 N–H and O–H groups in total. The summed E-state index contributed by atoms with van der Waals surface area (Å²) in [6.45, 7) is 4.26. The lowest BCUT2D eigenvalue weighted by Crippen LogP contribution is -2.44. The van der Waals surface area contributed by atoms with Crippen molar-refractivity contribution in [2.24, 2.45) is 0 Å². The van der Waals surface area contributed by atoms with Crippen molar-refractivity contribution in [3.8, 4) is 17.2 Å². The van der Waals surface area contributed by atoms with Crippen molar-refractivity contribution in [3.63, 3.8) is 0 Å². The van der Waals surface area contributed by atoms with Crippen LogP contribution in [0.3, 0.4) is 0 Å². The Morgan fingerprint density at radius 2 is 1.86 bits per heavy atom. The van der Waals surface area contributed by atoms with Crippen LogP contribution in [-0.4, -0.2) is 47.3 Å². The number of nitrogens with zero attached hydrogens (tertiary/aromatic N) is 1. The van der Waals surface area contributed by atoms with E-state index < -0.39 is 17.1 Å². The van der Waals surface area contributed by atoms with Gasteiger partial charge in [-0.15, -0.1) is 0 Å². The van der Waals surface area contributed by atoms with Crippen molar-refractivity contribution < 1.29 is 24.2 Å². The minimum absolute atomic E-state index is 0.0144. The molecule has 36 heavy (non-hydrogen) atoms. The molecule has 0 aliphatic carbocycles. The minimum atomic E-state index is -0.745. The number of ether oxygens (including phenoxy) is 1. The van der Waals surface area contributed by atoms with Gasteiger partial charge in [0, 0.05) is 38.2 Å². The van der Waals surface area contributed by atoms with Crippen LogP contribution in [0.15, 0.2) is 63.8 Å². The highest BCUT2D eigenvalue weighted by molar-refractivity contribution is 5.78. The molecule has 2 aromatic carbocycles. The number of likely N-dealkylation sites (tertiary alicyclic amines) is 1. The van der Waals surface area contributed by atoms with Gasteiger partial charge in [-0.05, 0) is 43.0 Å². The maximum Gasteiger partial charge on any atom is 0.227 e. The quantitative estimate of drug-likeness (QED) is 0.440. The van der Waals surface area contributed by atoms with Gasteiger partial charge in [-0.25, -0.2) is 0 Å². The van der Waals surface area contributed by atoms with Crippen LogP contribution in [0.2, 0.25) is 0 Å². The number of phenolic OH excluding ortho intramolecular Hbond substituents is 1. The summed E-state index contributed by atoms with van der Waals surface area (Å²) in [6.07, 6.45) is 1.63. The largest absolute Gasteiger partial charge is 0.504 e. The van der Waals surface area contributed by atoms with Gasteiger partial charge in [0.15, 0.2) is 17.3 Å². The second-order valence-corrected chi connectivity index (χ2v) is 9.23. The lowest BCUT2D eigenvalue weighted by Gasteiger charge is -2.32. The summed E-state index contributed by atoms with van der Waals surface area (Å²) >= 11 is 0. The lowest BCUT2D eigenvalue weighted by molar-refractivity contribution is -0.122. The SMILES string of the molecule is COc1cc([C@H](CC(=O)NC2CCN(Cc3ccccc3)CC2)c2oc(C)cc(=O)c2O)ccc1O. The van der Waals surface area contributed by atoms with E-state index in [9.17, 15) is 19.8 Å². The molecular formula is C28H32N2O6. The number of carbonyl (C=O) groups excluding carboxylic acids is 1. The predicted octanol–water partition coefficient (Wildman–Crippen LogP) is 3.67. The summed E-state index contributed by atoms with van der Waals surface area (Å²) in [7, 11) is 1.43. The van der Waals surface area contributed by atoms with E-state index in [1.54, 1.807) is 19.1 Å². The summed E-state index contributed by atoms with van der Waals surface area (Å²) in [5, 5.41) is 23.6. The molecule has 1 atom stereocenters. The van der Waals surface area contributed by atoms with Crippen LogP contribution in [0.4, 0.5) is 0 Å². The first kappa shape index (κ1) is 25.3. The Balaban J connectivity index is 1.47. The number of rotatable bonds is 8. The standard InChI is InChI=1S/C28H32N2O6/c1-18-14-24(32)27(34)28(36-18)22(20-8-9-23(31)25(15-20)35-2)16-26(33)29-21-10-12-30(13-11-21)17-19-6-4-3-5-7-19/h3-9,14-15,21-22,31,34H,10-13,16-17H2,1-2H3,(H,29,33)/t22-/m0/s1. The third-order valence-corrected chi connectivity index (χ3v) is 6.59. The fourth-order valence-electron chi connectivity index (χ4n) is 4.68. The van der Waals surface area contributed by atoms with E-state index in [4.69, 9.17) is 9.15 Å². The maximum atomic E-state index is 13.1. The molecule has 1 fully saturated rings. The van der Waals surface area contributed by atoms with E-state index in [0.29, 0.717) is 11.3 Å². The number of hydrogen-bond acceptors (Lipinski definition) is 7. The maximum absolute atomic E-state index is 13.1. The fraction of sp³-hybridized carbons (Fsp3) is 0.357. The molecule has 1 aliphatic heterocycles. The van der Waals surface area contributed by atoms with Gasteiger partial charge in [0.1, 0.15) is 5.76 Å². The van der Waals surface area contributed by atoms with Crippen molar-refractivity contribution in [1.82, 2.24) is 10.2 Å². The van der Waals surface area contributed by atoms with Crippen LogP contribution >= 0.6 is 0 Å². The highest BCUT2D eigenvalue weighted by Crippen LogP contribution is 2.37. The van der Waals surface area contributed by atoms with Gasteiger partial charge < -0.3 is 24.7 Å². The fourth-order valence-corrected chi connectivity index (χ4v) is 4.68. The normalized spacial score (nSPS) is 15.4. The Labute approximate surface area is 210 Å². The van der Waals surface area contributed by atoms with Gasteiger partial charge in [-0.1, -0.05) is 36.4 Å². The zero-order chi connectivity index (χ0) is 25.7. The lowest BCUT2D eigenvalue weighted by atomic mass is 9.91. The van der Waals surface area contributed by atoms with E-state index >= 15 is 0 Å². The number of benzene rings is 2. The van der Waals surface area contributed by atoms with Crippen LogP contribution in [0.1, 0.15) is 47.8 Å². The summed E-state index contributed by atoms with van der Waals surface area (Å²) in [5.74, 6) is -0.975. The second-order valence-electron chi connectivity index (χ2n) is 9.23. The van der Waals surface area contributed by atoms with Crippen molar-refractivity contribution >= 4 is 5.91 Å². The highest BCUT2D eigenvalue weighted by atomic mass is 16.5. The Morgan fingerprint density at radius 1 is 1.14 bits per heavy atom. The van der Waals surface area contributed by atoms with Crippen LogP contribution in [0.25, 0.3) is 0 Å². The zero-order valence-corrected chi connectivity index (χ0v) is 20.6. The Kier molecular flexibility index (Phi) is 7.95. The molecule has 1 saturated heterocycles. The van der Waals surface area contributed by atoms with E-state index in [1.807, 2.05) is 18.2 Å². The number of nitrogens with one attached hydrogen (secondary N) is 1. The number of hydrogen-bond donors (Lipinski definition) is 3. The Bertz CT molecular complexity index is 1250. The van der Waals surface area contributed by atoms with Gasteiger partial charge in [-0.2, -0.15) is 0 Å². The van der Waals surface area contributed by atoms with E-state index in [1.165, 1.54) is 24.8 Å². The van der Waals surface area contributed by atoms with Crippen molar-refractivity contribution in [3.05, 3.63) is 87.5 Å². The summed E-state index contributed by atoms with van der Waals surface area (Å²) in [5.41, 5.74) is 1.27. The van der Waals surface area contributed by atoms with Gasteiger partial charge in [0.05, 0.1) is 13.0 Å². The molecule has 3 aromatic rings. The summed E-state index contributed by atoms with van der Waals surface area (Å²) < 4.78 is 10.9. The van der Waals surface area contributed by atoms with Crippen LogP contribution < -0.4 is 15.5 Å². The molecule has 1 aliphatic rings. The first-order valence-corrected chi connectivity index (χ1v) is 12.1. The number of aryl methyl sites for hydroxylation is 1. The first-order valence-electron chi connectivity index (χ1n) is 12.1. The molecule has 0 unspecified atom stereocenters. The molecular weight excluding hydrogens is 460 g/mol. The van der Waals surface area contributed by atoms with Gasteiger partial charge >= 0.3 is 0 Å². The van der Waals surface area contributed by atoms with E-state index in [-0.39, 0.29) is 35.6 Å². The molecule has 190 valence electrons. The number of phenols is 1. The molecule has 0 spiro atoms. The van der Waals surface area contributed by atoms with Crippen LogP contribution in [0.5, 0.6) is 17.2 Å². The molecule has 0 radical (unpaired) electrons. The zero-order valence-electron chi connectivity index (χ0n) is 20.6. The molecule has 8 nitrogen and oxygen atoms in total. The first-order chi connectivity index (χ1) is 17.3. The summed E-state index contributed by atoms with van der Waals surface area (Å²) in [4.78, 5) is 27.8. The molecule has 4 rings (SSSR count). The number of amides is 1. The smallest absolute Gasteiger partial charge is 0.227 e. The van der Waals surface area contributed by atoms with Gasteiger partial charge in [0.2, 0.25) is 17.1 Å². The average Bonchev–Trinajstić information content (AvgIpc) is 2.87. The molecule has 1 aromatic heterocycles.